The second-order valence-electron chi connectivity index (χ2n) is 4.13. The number of carbonyl (C=O) groups excluding carboxylic acids is 1. The summed E-state index contributed by atoms with van der Waals surface area (Å²) >= 11 is 0. The number of rotatable bonds is 4. The first-order chi connectivity index (χ1) is 9.08. The van der Waals surface area contributed by atoms with Crippen molar-refractivity contribution in [3.63, 3.8) is 0 Å². The number of phenols is 1. The molecule has 98 valence electrons. The maximum absolute atomic E-state index is 13.6. The van der Waals surface area contributed by atoms with E-state index in [4.69, 9.17) is 4.74 Å². The second-order valence-corrected chi connectivity index (χ2v) is 4.13. The fourth-order valence-electron chi connectivity index (χ4n) is 1.74. The van der Waals surface area contributed by atoms with Crippen LogP contribution in [-0.4, -0.2) is 10.9 Å². The average molecular weight is 260 g/mol. The number of hydrogen-bond donors (Lipinski definition) is 1. The Morgan fingerprint density at radius 1 is 1.26 bits per heavy atom. The molecule has 2 rings (SSSR count). The van der Waals surface area contributed by atoms with Crippen molar-refractivity contribution in [1.29, 1.82) is 0 Å². The molecule has 0 aliphatic heterocycles. The molecule has 0 aromatic heterocycles. The monoisotopic (exact) mass is 260 g/mol. The first-order valence-corrected chi connectivity index (χ1v) is 5.78. The molecule has 19 heavy (non-hydrogen) atoms. The highest BCUT2D eigenvalue weighted by Crippen LogP contribution is 2.27. The number of Topliss-reactive ketones (excluding diaryl/α,β-unsaturated/α-hetero) is 1. The normalized spacial score (nSPS) is 10.2. The average Bonchev–Trinajstić information content (AvgIpc) is 2.36. The van der Waals surface area contributed by atoms with E-state index in [1.165, 1.54) is 13.0 Å². The molecule has 0 atom stereocenters. The molecule has 4 heteroatoms. The van der Waals surface area contributed by atoms with Crippen molar-refractivity contribution in [2.45, 2.75) is 13.5 Å². The number of ketones is 1. The van der Waals surface area contributed by atoms with Gasteiger partial charge in [-0.2, -0.15) is 0 Å². The fraction of sp³-hybridized carbons (Fsp3) is 0.133. The zero-order chi connectivity index (χ0) is 13.8. The maximum atomic E-state index is 13.6. The molecular weight excluding hydrogens is 247 g/mol. The Morgan fingerprint density at radius 3 is 2.53 bits per heavy atom. The minimum atomic E-state index is -0.782. The molecule has 0 heterocycles. The van der Waals surface area contributed by atoms with Gasteiger partial charge >= 0.3 is 0 Å². The number of hydrogen-bond acceptors (Lipinski definition) is 3. The number of aromatic hydroxyl groups is 1. The van der Waals surface area contributed by atoms with Gasteiger partial charge in [0.05, 0.1) is 5.56 Å². The van der Waals surface area contributed by atoms with E-state index in [2.05, 4.69) is 0 Å². The Morgan fingerprint density at radius 2 is 1.95 bits per heavy atom. The van der Waals surface area contributed by atoms with Crippen molar-refractivity contribution in [2.24, 2.45) is 0 Å². The van der Waals surface area contributed by atoms with Crippen LogP contribution in [0.2, 0.25) is 0 Å². The van der Waals surface area contributed by atoms with Crippen molar-refractivity contribution in [3.8, 4) is 11.5 Å². The molecule has 0 radical (unpaired) electrons. The van der Waals surface area contributed by atoms with Crippen molar-refractivity contribution in [3.05, 3.63) is 59.4 Å². The predicted octanol–water partition coefficient (Wildman–Crippen LogP) is 3.31. The van der Waals surface area contributed by atoms with E-state index in [1.54, 1.807) is 0 Å². The van der Waals surface area contributed by atoms with Gasteiger partial charge in [-0.3, -0.25) is 4.79 Å². The van der Waals surface area contributed by atoms with Crippen LogP contribution < -0.4 is 4.74 Å². The summed E-state index contributed by atoms with van der Waals surface area (Å²) in [4.78, 5) is 11.1. The highest BCUT2D eigenvalue weighted by Gasteiger charge is 2.15. The molecule has 0 aliphatic rings. The second kappa shape index (κ2) is 5.52. The van der Waals surface area contributed by atoms with E-state index in [0.717, 1.165) is 11.6 Å². The lowest BCUT2D eigenvalue weighted by molar-refractivity contribution is 0.101. The summed E-state index contributed by atoms with van der Waals surface area (Å²) in [6.07, 6.45) is 0. The zero-order valence-electron chi connectivity index (χ0n) is 10.4. The lowest BCUT2D eigenvalue weighted by Crippen LogP contribution is -2.00. The highest BCUT2D eigenvalue weighted by molar-refractivity contribution is 5.97. The topological polar surface area (TPSA) is 46.5 Å². The first kappa shape index (κ1) is 13.1. The number of phenolic OH excluding ortho intramolecular Hbond substituents is 1. The molecule has 0 fully saturated rings. The number of ether oxygens (including phenoxy) is 1. The van der Waals surface area contributed by atoms with Crippen LogP contribution in [0.5, 0.6) is 11.5 Å². The van der Waals surface area contributed by atoms with Crippen molar-refractivity contribution in [2.75, 3.05) is 0 Å². The van der Waals surface area contributed by atoms with Crippen molar-refractivity contribution in [1.82, 2.24) is 0 Å². The van der Waals surface area contributed by atoms with Crippen LogP contribution in [0.1, 0.15) is 22.8 Å². The molecule has 0 amide bonds. The number of benzene rings is 2. The third-order valence-corrected chi connectivity index (χ3v) is 2.64. The van der Waals surface area contributed by atoms with E-state index in [0.29, 0.717) is 0 Å². The molecule has 0 saturated heterocycles. The van der Waals surface area contributed by atoms with Gasteiger partial charge in [0.25, 0.3) is 0 Å². The van der Waals surface area contributed by atoms with Gasteiger partial charge in [0, 0.05) is 12.1 Å². The third-order valence-electron chi connectivity index (χ3n) is 2.64. The molecule has 0 saturated carbocycles. The largest absolute Gasteiger partial charge is 0.507 e. The van der Waals surface area contributed by atoms with Gasteiger partial charge in [-0.25, -0.2) is 4.39 Å². The summed E-state index contributed by atoms with van der Waals surface area (Å²) in [6.45, 7) is 1.46. The van der Waals surface area contributed by atoms with Crippen LogP contribution in [0, 0.1) is 5.82 Å². The Balaban J connectivity index is 2.16. The Hall–Kier alpha value is -2.36. The molecule has 2 aromatic carbocycles. The molecule has 0 unspecified atom stereocenters. The molecule has 1 N–H and O–H groups in total. The van der Waals surface area contributed by atoms with E-state index in [-0.39, 0.29) is 17.9 Å². The van der Waals surface area contributed by atoms with Crippen LogP contribution in [0.15, 0.2) is 42.5 Å². The van der Waals surface area contributed by atoms with Crippen LogP contribution >= 0.6 is 0 Å². The lowest BCUT2D eigenvalue weighted by Gasteiger charge is -2.09. The van der Waals surface area contributed by atoms with E-state index in [1.807, 2.05) is 30.3 Å². The van der Waals surface area contributed by atoms with Gasteiger partial charge in [0.2, 0.25) is 0 Å². The van der Waals surface area contributed by atoms with Crippen LogP contribution in [-0.2, 0) is 6.61 Å². The van der Waals surface area contributed by atoms with E-state index in [9.17, 15) is 14.3 Å². The smallest absolute Gasteiger partial charge is 0.166 e. The molecule has 0 bridgehead atoms. The third kappa shape index (κ3) is 3.10. The Bertz CT molecular complexity index is 571. The van der Waals surface area contributed by atoms with Gasteiger partial charge in [-0.1, -0.05) is 30.3 Å². The van der Waals surface area contributed by atoms with Crippen LogP contribution in [0.25, 0.3) is 0 Å². The summed E-state index contributed by atoms with van der Waals surface area (Å²) in [5.41, 5.74) is 0.616. The zero-order valence-corrected chi connectivity index (χ0v) is 10.4. The summed E-state index contributed by atoms with van der Waals surface area (Å²) in [5.74, 6) is -1.53. The van der Waals surface area contributed by atoms with Gasteiger partial charge in [-0.15, -0.1) is 0 Å². The van der Waals surface area contributed by atoms with Crippen LogP contribution in [0.3, 0.4) is 0 Å². The number of carbonyl (C=O) groups is 1. The van der Waals surface area contributed by atoms with E-state index < -0.39 is 17.3 Å². The molecular formula is C15H13FO3. The molecule has 0 aliphatic carbocycles. The van der Waals surface area contributed by atoms with Gasteiger partial charge < -0.3 is 9.84 Å². The summed E-state index contributed by atoms with van der Waals surface area (Å²) in [5, 5.41) is 9.60. The van der Waals surface area contributed by atoms with Gasteiger partial charge in [-0.05, 0) is 12.5 Å². The summed E-state index contributed by atoms with van der Waals surface area (Å²) in [6, 6.07) is 11.7. The first-order valence-electron chi connectivity index (χ1n) is 5.78. The minimum absolute atomic E-state index is 0.184. The van der Waals surface area contributed by atoms with Crippen molar-refractivity contribution < 1.29 is 19.0 Å². The van der Waals surface area contributed by atoms with E-state index >= 15 is 0 Å². The minimum Gasteiger partial charge on any atom is -0.507 e. The summed E-state index contributed by atoms with van der Waals surface area (Å²) in [7, 11) is 0. The SMILES string of the molecule is CC(=O)c1c(O)cc(OCc2ccccc2)cc1F. The summed E-state index contributed by atoms with van der Waals surface area (Å²) < 4.78 is 19.0. The molecule has 2 aromatic rings. The highest BCUT2D eigenvalue weighted by atomic mass is 19.1. The number of halogens is 1. The lowest BCUT2D eigenvalue weighted by atomic mass is 10.1. The quantitative estimate of drug-likeness (QED) is 0.858. The van der Waals surface area contributed by atoms with Gasteiger partial charge in [0.1, 0.15) is 23.9 Å². The van der Waals surface area contributed by atoms with Crippen molar-refractivity contribution >= 4 is 5.78 Å². The standard InChI is InChI=1S/C15H13FO3/c1-10(17)15-13(16)7-12(8-14(15)18)19-9-11-5-3-2-4-6-11/h2-8,18H,9H2,1H3. The fourth-order valence-corrected chi connectivity index (χ4v) is 1.74. The maximum Gasteiger partial charge on any atom is 0.166 e. The van der Waals surface area contributed by atoms with Gasteiger partial charge in [0.15, 0.2) is 5.78 Å². The van der Waals surface area contributed by atoms with Crippen LogP contribution in [0.4, 0.5) is 4.39 Å². The Kier molecular flexibility index (Phi) is 3.80. The Labute approximate surface area is 110 Å². The molecule has 0 spiro atoms. The molecule has 3 nitrogen and oxygen atoms in total. The predicted molar refractivity (Wildman–Crippen MR) is 68.8 cm³/mol.